The van der Waals surface area contributed by atoms with Gasteiger partial charge in [-0.15, -0.1) is 0 Å². The van der Waals surface area contributed by atoms with E-state index in [0.717, 1.165) is 25.3 Å². The van der Waals surface area contributed by atoms with Crippen LogP contribution in [-0.2, 0) is 6.54 Å². The van der Waals surface area contributed by atoms with E-state index in [1.54, 1.807) is 4.90 Å². The van der Waals surface area contributed by atoms with Crippen LogP contribution in [0.5, 0.6) is 5.75 Å². The summed E-state index contributed by atoms with van der Waals surface area (Å²) in [6.07, 6.45) is 3.47. The number of piperidine rings is 1. The Morgan fingerprint density at radius 3 is 2.72 bits per heavy atom. The highest BCUT2D eigenvalue weighted by Gasteiger charge is 2.40. The summed E-state index contributed by atoms with van der Waals surface area (Å²) in [6, 6.07) is 1.64. The van der Waals surface area contributed by atoms with Crippen molar-refractivity contribution in [2.45, 2.75) is 38.9 Å². The molecule has 2 aliphatic rings. The van der Waals surface area contributed by atoms with Crippen LogP contribution >= 0.6 is 11.6 Å². The summed E-state index contributed by atoms with van der Waals surface area (Å²) in [5.41, 5.74) is -1.67. The second-order valence-corrected chi connectivity index (χ2v) is 8.09. The fraction of sp³-hybridized carbons (Fsp3) is 0.381. The lowest BCUT2D eigenvalue weighted by Crippen LogP contribution is -2.63. The molecule has 0 aliphatic carbocycles. The van der Waals surface area contributed by atoms with Crippen LogP contribution in [0.2, 0.25) is 5.02 Å². The molecule has 4 rings (SSSR count). The summed E-state index contributed by atoms with van der Waals surface area (Å²) in [5, 5.41) is 14.5. The van der Waals surface area contributed by atoms with Crippen molar-refractivity contribution in [2.24, 2.45) is 0 Å². The summed E-state index contributed by atoms with van der Waals surface area (Å²) >= 11 is 5.66. The van der Waals surface area contributed by atoms with Gasteiger partial charge in [0.1, 0.15) is 23.4 Å². The SMILES string of the molecule is CCN1C(=O)c2c(O)c(=O)c(C(=O)NCc3cc(Cl)c(F)cc3F)cn2N2CCCC[C@@H]12. The van der Waals surface area contributed by atoms with Crippen molar-refractivity contribution in [3.8, 4) is 5.75 Å². The Hall–Kier alpha value is -3.14. The van der Waals surface area contributed by atoms with Crippen molar-refractivity contribution < 1.29 is 23.5 Å². The number of aromatic nitrogens is 1. The molecule has 2 N–H and O–H groups in total. The molecule has 0 radical (unpaired) electrons. The Bertz CT molecular complexity index is 1170. The topological polar surface area (TPSA) is 94.9 Å². The van der Waals surface area contributed by atoms with E-state index in [4.69, 9.17) is 11.6 Å². The van der Waals surface area contributed by atoms with Crippen LogP contribution in [0.1, 0.15) is 52.6 Å². The van der Waals surface area contributed by atoms with Gasteiger partial charge in [-0.25, -0.2) is 8.78 Å². The lowest BCUT2D eigenvalue weighted by atomic mass is 10.1. The highest BCUT2D eigenvalue weighted by atomic mass is 35.5. The van der Waals surface area contributed by atoms with Crippen LogP contribution in [0.25, 0.3) is 0 Å². The summed E-state index contributed by atoms with van der Waals surface area (Å²) in [5.74, 6) is -4.02. The third-order valence-corrected chi connectivity index (χ3v) is 6.11. The highest BCUT2D eigenvalue weighted by molar-refractivity contribution is 6.30. The van der Waals surface area contributed by atoms with E-state index < -0.39 is 40.2 Å². The summed E-state index contributed by atoms with van der Waals surface area (Å²) in [7, 11) is 0. The molecule has 0 saturated carbocycles. The van der Waals surface area contributed by atoms with Gasteiger partial charge in [0.05, 0.1) is 5.02 Å². The predicted octanol–water partition coefficient (Wildman–Crippen LogP) is 2.34. The molecular formula is C21H21ClF2N4O4. The number of halogens is 3. The maximum Gasteiger partial charge on any atom is 0.278 e. The monoisotopic (exact) mass is 466 g/mol. The van der Waals surface area contributed by atoms with E-state index in [0.29, 0.717) is 19.2 Å². The maximum absolute atomic E-state index is 13.9. The van der Waals surface area contributed by atoms with Gasteiger partial charge in [0, 0.05) is 37.5 Å². The lowest BCUT2D eigenvalue weighted by Gasteiger charge is -2.48. The van der Waals surface area contributed by atoms with E-state index in [9.17, 15) is 28.3 Å². The molecule has 0 unspecified atom stereocenters. The minimum atomic E-state index is -1.01. The third kappa shape index (κ3) is 3.58. The third-order valence-electron chi connectivity index (χ3n) is 5.82. The van der Waals surface area contributed by atoms with Crippen molar-refractivity contribution in [1.82, 2.24) is 14.9 Å². The number of hydrogen-bond acceptors (Lipinski definition) is 5. The van der Waals surface area contributed by atoms with Crippen LogP contribution in [0.3, 0.4) is 0 Å². The van der Waals surface area contributed by atoms with E-state index >= 15 is 0 Å². The Balaban J connectivity index is 1.69. The Morgan fingerprint density at radius 2 is 2.00 bits per heavy atom. The van der Waals surface area contributed by atoms with E-state index in [1.807, 2.05) is 11.9 Å². The number of amides is 2. The fourth-order valence-electron chi connectivity index (χ4n) is 4.22. The number of fused-ring (bicyclic) bond motifs is 3. The van der Waals surface area contributed by atoms with Crippen molar-refractivity contribution in [3.63, 3.8) is 0 Å². The first-order valence-corrected chi connectivity index (χ1v) is 10.6. The largest absolute Gasteiger partial charge is 0.502 e. The summed E-state index contributed by atoms with van der Waals surface area (Å²) in [6.45, 7) is 2.44. The zero-order valence-electron chi connectivity index (χ0n) is 17.2. The number of carbonyl (C=O) groups is 2. The minimum absolute atomic E-state index is 0.0723. The van der Waals surface area contributed by atoms with Crippen molar-refractivity contribution in [1.29, 1.82) is 0 Å². The first-order chi connectivity index (χ1) is 15.2. The van der Waals surface area contributed by atoms with Crippen LogP contribution in [-0.4, -0.2) is 45.8 Å². The molecule has 2 aliphatic heterocycles. The molecule has 2 amide bonds. The molecular weight excluding hydrogens is 446 g/mol. The maximum atomic E-state index is 13.9. The number of nitrogens with one attached hydrogen (secondary N) is 1. The second kappa shape index (κ2) is 8.42. The van der Waals surface area contributed by atoms with Gasteiger partial charge in [-0.2, -0.15) is 0 Å². The zero-order valence-corrected chi connectivity index (χ0v) is 18.0. The lowest BCUT2D eigenvalue weighted by molar-refractivity contribution is 0.0534. The van der Waals surface area contributed by atoms with Crippen LogP contribution < -0.4 is 15.8 Å². The smallest absolute Gasteiger partial charge is 0.278 e. The molecule has 2 aromatic rings. The van der Waals surface area contributed by atoms with Crippen molar-refractivity contribution in [2.75, 3.05) is 18.1 Å². The van der Waals surface area contributed by atoms with Gasteiger partial charge in [0.2, 0.25) is 5.43 Å². The molecule has 170 valence electrons. The quantitative estimate of drug-likeness (QED) is 0.674. The van der Waals surface area contributed by atoms with Crippen molar-refractivity contribution in [3.05, 3.63) is 62.0 Å². The first-order valence-electron chi connectivity index (χ1n) is 10.2. The second-order valence-electron chi connectivity index (χ2n) is 7.68. The number of nitrogens with zero attached hydrogens (tertiary/aromatic N) is 3. The van der Waals surface area contributed by atoms with Crippen LogP contribution in [0.15, 0.2) is 23.1 Å². The Kier molecular flexibility index (Phi) is 5.81. The predicted molar refractivity (Wildman–Crippen MR) is 112 cm³/mol. The average Bonchev–Trinajstić information content (AvgIpc) is 2.77. The summed E-state index contributed by atoms with van der Waals surface area (Å²) < 4.78 is 28.7. The molecule has 0 spiro atoms. The van der Waals surface area contributed by atoms with Gasteiger partial charge in [-0.3, -0.25) is 24.1 Å². The van der Waals surface area contributed by atoms with Gasteiger partial charge in [0.15, 0.2) is 11.4 Å². The number of pyridine rings is 1. The zero-order chi connectivity index (χ0) is 23.2. The van der Waals surface area contributed by atoms with E-state index in [2.05, 4.69) is 5.32 Å². The van der Waals surface area contributed by atoms with Crippen LogP contribution in [0, 0.1) is 11.6 Å². The molecule has 1 fully saturated rings. The van der Waals surface area contributed by atoms with Gasteiger partial charge in [0.25, 0.3) is 11.8 Å². The standard InChI is InChI=1S/C21H21ClF2N4O4/c1-2-26-16-5-3-4-6-27(16)28-10-12(18(29)19(30)17(28)21(26)32)20(31)25-9-11-7-13(22)15(24)8-14(11)23/h7-8,10,16,30H,2-6,9H2,1H3,(H,25,31)/t16-/m0/s1. The molecule has 0 bridgehead atoms. The van der Waals surface area contributed by atoms with Gasteiger partial charge >= 0.3 is 0 Å². The number of carbonyl (C=O) groups excluding carboxylic acids is 2. The Morgan fingerprint density at radius 1 is 1.25 bits per heavy atom. The van der Waals surface area contributed by atoms with E-state index in [-0.39, 0.29) is 29.0 Å². The van der Waals surface area contributed by atoms with Gasteiger partial charge in [-0.1, -0.05) is 11.6 Å². The first kappa shape index (κ1) is 22.1. The number of hydrogen-bond donors (Lipinski definition) is 2. The number of rotatable bonds is 4. The number of benzene rings is 1. The normalized spacial score (nSPS) is 17.8. The molecule has 11 heteroatoms. The summed E-state index contributed by atoms with van der Waals surface area (Å²) in [4.78, 5) is 40.0. The highest BCUT2D eigenvalue weighted by Crippen LogP contribution is 2.29. The average molecular weight is 467 g/mol. The fourth-order valence-corrected chi connectivity index (χ4v) is 4.40. The van der Waals surface area contributed by atoms with Gasteiger partial charge < -0.3 is 15.3 Å². The molecule has 8 nitrogen and oxygen atoms in total. The molecule has 1 atom stereocenters. The number of aromatic hydroxyl groups is 1. The molecule has 1 saturated heterocycles. The van der Waals surface area contributed by atoms with Gasteiger partial charge in [-0.05, 0) is 32.3 Å². The van der Waals surface area contributed by atoms with E-state index in [1.165, 1.54) is 10.9 Å². The molecule has 32 heavy (non-hydrogen) atoms. The molecule has 3 heterocycles. The Labute approximate surface area is 187 Å². The van der Waals surface area contributed by atoms with Crippen LogP contribution in [0.4, 0.5) is 8.78 Å². The van der Waals surface area contributed by atoms with Crippen molar-refractivity contribution >= 4 is 23.4 Å². The minimum Gasteiger partial charge on any atom is -0.502 e. The molecule has 1 aromatic carbocycles. The molecule has 1 aromatic heterocycles.